The Kier molecular flexibility index (Phi) is 11.4. The van der Waals surface area contributed by atoms with Gasteiger partial charge in [-0.05, 0) is 32.1 Å². The molecule has 0 radical (unpaired) electrons. The highest BCUT2D eigenvalue weighted by Crippen LogP contribution is 2.26. The number of unbranched alkanes of at least 4 members (excludes halogenated alkanes) is 3. The number of allylic oxidation sites excluding steroid dienone is 1. The summed E-state index contributed by atoms with van der Waals surface area (Å²) >= 11 is 0. The lowest BCUT2D eigenvalue weighted by atomic mass is 10.0. The van der Waals surface area contributed by atoms with Crippen molar-refractivity contribution in [3.63, 3.8) is 0 Å². The minimum atomic E-state index is -0.905. The first-order valence-electron chi connectivity index (χ1n) is 9.68. The summed E-state index contributed by atoms with van der Waals surface area (Å²) in [5, 5.41) is 38.6. The van der Waals surface area contributed by atoms with Crippen molar-refractivity contribution in [3.8, 4) is 0 Å². The average Bonchev–Trinajstić information content (AvgIpc) is 2.96. The van der Waals surface area contributed by atoms with Gasteiger partial charge in [0.2, 0.25) is 0 Å². The molecule has 0 aromatic rings. The zero-order valence-electron chi connectivity index (χ0n) is 15.7. The Morgan fingerprint density at radius 2 is 1.96 bits per heavy atom. The van der Waals surface area contributed by atoms with Crippen LogP contribution < -0.4 is 0 Å². The van der Waals surface area contributed by atoms with Crippen LogP contribution in [0.15, 0.2) is 24.3 Å². The van der Waals surface area contributed by atoms with E-state index in [4.69, 9.17) is 9.84 Å². The third-order valence-corrected chi connectivity index (χ3v) is 4.56. The molecule has 1 aliphatic heterocycles. The summed E-state index contributed by atoms with van der Waals surface area (Å²) < 4.78 is 5.75. The fraction of sp³-hybridized carbons (Fsp3) is 0.750. The highest BCUT2D eigenvalue weighted by Gasteiger charge is 2.36. The second-order valence-electron chi connectivity index (χ2n) is 6.95. The summed E-state index contributed by atoms with van der Waals surface area (Å²) in [5.74, 6) is -0.889. The normalized spacial score (nSPS) is 25.9. The van der Waals surface area contributed by atoms with Gasteiger partial charge in [-0.25, -0.2) is 0 Å². The molecule has 1 fully saturated rings. The Morgan fingerprint density at radius 1 is 1.19 bits per heavy atom. The molecule has 0 unspecified atom stereocenters. The number of carbonyl (C=O) groups is 1. The first-order chi connectivity index (χ1) is 12.4. The molecule has 0 saturated carbocycles. The van der Waals surface area contributed by atoms with Gasteiger partial charge in [-0.3, -0.25) is 4.79 Å². The summed E-state index contributed by atoms with van der Waals surface area (Å²) in [6, 6.07) is 0. The lowest BCUT2D eigenvalue weighted by Crippen LogP contribution is -2.24. The van der Waals surface area contributed by atoms with Crippen LogP contribution in [0.4, 0.5) is 0 Å². The molecule has 6 heteroatoms. The molecule has 5 atom stereocenters. The van der Waals surface area contributed by atoms with E-state index in [1.807, 2.05) is 6.08 Å². The number of aliphatic hydroxyl groups excluding tert-OH is 3. The number of hydrogen-bond donors (Lipinski definition) is 4. The van der Waals surface area contributed by atoms with Crippen LogP contribution in [-0.4, -0.2) is 56.9 Å². The topological polar surface area (TPSA) is 107 Å². The second kappa shape index (κ2) is 13.0. The second-order valence-corrected chi connectivity index (χ2v) is 6.95. The molecule has 6 nitrogen and oxygen atoms in total. The van der Waals surface area contributed by atoms with Gasteiger partial charge < -0.3 is 25.2 Å². The highest BCUT2D eigenvalue weighted by molar-refractivity contribution is 5.66. The Labute approximate surface area is 156 Å². The number of carboxylic acid groups (broad SMARTS) is 1. The van der Waals surface area contributed by atoms with E-state index in [-0.39, 0.29) is 12.5 Å². The molecule has 1 saturated heterocycles. The maximum Gasteiger partial charge on any atom is 0.303 e. The fourth-order valence-corrected chi connectivity index (χ4v) is 2.98. The van der Waals surface area contributed by atoms with Crippen molar-refractivity contribution in [3.05, 3.63) is 24.3 Å². The minimum Gasteiger partial charge on any atom is -0.481 e. The Morgan fingerprint density at radius 3 is 2.65 bits per heavy atom. The van der Waals surface area contributed by atoms with Crippen LogP contribution in [0, 0.1) is 0 Å². The molecule has 0 aromatic heterocycles. The van der Waals surface area contributed by atoms with Gasteiger partial charge in [-0.2, -0.15) is 0 Å². The largest absolute Gasteiger partial charge is 0.481 e. The molecule has 1 heterocycles. The minimum absolute atomic E-state index is 0.0129. The van der Waals surface area contributed by atoms with Crippen LogP contribution in [0.5, 0.6) is 0 Å². The highest BCUT2D eigenvalue weighted by atomic mass is 16.5. The molecule has 0 bridgehead atoms. The van der Waals surface area contributed by atoms with Crippen LogP contribution >= 0.6 is 0 Å². The monoisotopic (exact) mass is 370 g/mol. The van der Waals surface area contributed by atoms with Crippen molar-refractivity contribution in [2.75, 3.05) is 0 Å². The summed E-state index contributed by atoms with van der Waals surface area (Å²) in [6.45, 7) is 2.17. The lowest BCUT2D eigenvalue weighted by molar-refractivity contribution is -0.137. The Hall–Kier alpha value is -1.21. The third kappa shape index (κ3) is 9.48. The fourth-order valence-electron chi connectivity index (χ4n) is 2.98. The van der Waals surface area contributed by atoms with Crippen LogP contribution in [0.1, 0.15) is 64.7 Å². The molecule has 4 N–H and O–H groups in total. The number of carboxylic acids is 1. The summed E-state index contributed by atoms with van der Waals surface area (Å²) in [6.07, 6.45) is 10.3. The quantitative estimate of drug-likeness (QED) is 0.293. The van der Waals surface area contributed by atoms with Gasteiger partial charge in [-0.1, -0.05) is 44.1 Å². The van der Waals surface area contributed by atoms with E-state index in [1.54, 1.807) is 0 Å². The predicted molar refractivity (Wildman–Crippen MR) is 99.8 cm³/mol. The molecule has 0 amide bonds. The van der Waals surface area contributed by atoms with Crippen LogP contribution in [0.3, 0.4) is 0 Å². The molecule has 0 aromatic carbocycles. The van der Waals surface area contributed by atoms with E-state index in [1.165, 1.54) is 31.4 Å². The van der Waals surface area contributed by atoms with Gasteiger partial charge >= 0.3 is 5.97 Å². The molecule has 0 aliphatic carbocycles. The first-order valence-corrected chi connectivity index (χ1v) is 9.68. The maximum atomic E-state index is 10.4. The van der Waals surface area contributed by atoms with Crippen molar-refractivity contribution in [2.45, 2.75) is 95.2 Å². The summed E-state index contributed by atoms with van der Waals surface area (Å²) in [5.41, 5.74) is 0. The SMILES string of the molecule is CCCCC/C=C\C[C@@H]1O[C@H]([C@@H](O)/C=C/[C@@H](O)CCCC(=O)O)C[C@H]1O. The van der Waals surface area contributed by atoms with E-state index < -0.39 is 30.4 Å². The van der Waals surface area contributed by atoms with Gasteiger partial charge in [0, 0.05) is 12.8 Å². The standard InChI is InChI=1S/C20H34O6/c1-2-3-4-5-6-7-10-18-17(23)14-19(26-18)16(22)13-12-15(21)9-8-11-20(24)25/h6-7,12-13,15-19,21-23H,2-5,8-11,14H2,1H3,(H,24,25)/b7-6-,13-12+/t15-,16-,17+,18-,19-/m0/s1. The molecule has 0 spiro atoms. The van der Waals surface area contributed by atoms with Crippen molar-refractivity contribution >= 4 is 5.97 Å². The number of aliphatic hydroxyl groups is 3. The number of ether oxygens (including phenoxy) is 1. The number of rotatable bonds is 13. The molecule has 1 aliphatic rings. The first kappa shape index (κ1) is 22.8. The van der Waals surface area contributed by atoms with E-state index in [9.17, 15) is 20.1 Å². The third-order valence-electron chi connectivity index (χ3n) is 4.56. The van der Waals surface area contributed by atoms with Crippen molar-refractivity contribution in [2.24, 2.45) is 0 Å². The van der Waals surface area contributed by atoms with Gasteiger partial charge in [0.15, 0.2) is 0 Å². The Bertz CT molecular complexity index is 448. The number of hydrogen-bond acceptors (Lipinski definition) is 5. The predicted octanol–water partition coefficient (Wildman–Crippen LogP) is 2.56. The average molecular weight is 370 g/mol. The van der Waals surface area contributed by atoms with Gasteiger partial charge in [0.1, 0.15) is 0 Å². The summed E-state index contributed by atoms with van der Waals surface area (Å²) in [7, 11) is 0. The van der Waals surface area contributed by atoms with E-state index in [0.29, 0.717) is 25.7 Å². The van der Waals surface area contributed by atoms with Gasteiger partial charge in [0.05, 0.1) is 30.5 Å². The van der Waals surface area contributed by atoms with Crippen molar-refractivity contribution < 1.29 is 30.0 Å². The number of aliphatic carboxylic acids is 1. The Balaban J connectivity index is 2.31. The molecule has 1 rings (SSSR count). The van der Waals surface area contributed by atoms with Crippen LogP contribution in [-0.2, 0) is 9.53 Å². The summed E-state index contributed by atoms with van der Waals surface area (Å²) in [4.78, 5) is 10.4. The van der Waals surface area contributed by atoms with E-state index in [2.05, 4.69) is 13.0 Å². The zero-order chi connectivity index (χ0) is 19.4. The van der Waals surface area contributed by atoms with Gasteiger partial charge in [0.25, 0.3) is 0 Å². The van der Waals surface area contributed by atoms with E-state index in [0.717, 1.165) is 6.42 Å². The molecular formula is C20H34O6. The molecule has 26 heavy (non-hydrogen) atoms. The van der Waals surface area contributed by atoms with Crippen molar-refractivity contribution in [1.29, 1.82) is 0 Å². The molecular weight excluding hydrogens is 336 g/mol. The maximum absolute atomic E-state index is 10.4. The van der Waals surface area contributed by atoms with Crippen LogP contribution in [0.2, 0.25) is 0 Å². The molecule has 150 valence electrons. The van der Waals surface area contributed by atoms with Gasteiger partial charge in [-0.15, -0.1) is 0 Å². The van der Waals surface area contributed by atoms with Crippen molar-refractivity contribution in [1.82, 2.24) is 0 Å². The lowest BCUT2D eigenvalue weighted by Gasteiger charge is -2.16. The smallest absolute Gasteiger partial charge is 0.303 e. The van der Waals surface area contributed by atoms with E-state index >= 15 is 0 Å². The van der Waals surface area contributed by atoms with Crippen LogP contribution in [0.25, 0.3) is 0 Å². The zero-order valence-corrected chi connectivity index (χ0v) is 15.7.